The Balaban J connectivity index is 0.000000760. The summed E-state index contributed by atoms with van der Waals surface area (Å²) in [5, 5.41) is 9.51. The molecule has 0 aromatic carbocycles. The maximum atomic E-state index is 11.7. The van der Waals surface area contributed by atoms with Crippen molar-refractivity contribution in [1.82, 2.24) is 0 Å². The zero-order valence-electron chi connectivity index (χ0n) is 12.9. The highest BCUT2D eigenvalue weighted by molar-refractivity contribution is 5.86. The highest BCUT2D eigenvalue weighted by Crippen LogP contribution is 2.18. The van der Waals surface area contributed by atoms with E-state index in [1.165, 1.54) is 12.8 Å². The minimum atomic E-state index is -1.48. The fraction of sp³-hybridized carbons (Fsp3) is 0.857. The number of carbonyl (C=O) groups excluding carboxylic acids is 2. The standard InChI is InChI=1S/C11H21NO4.C3H7N/c1-5-6-7(8(13)9(12)14)10(15)16-11(2,3)4;4-3-1-2-3/h7-8,13H,5-6H2,1-4H3,(H2,12,14);3H,1-2,4H2. The molecule has 6 nitrogen and oxygen atoms in total. The molecule has 118 valence electrons. The van der Waals surface area contributed by atoms with Crippen molar-refractivity contribution in [3.05, 3.63) is 0 Å². The molecule has 20 heavy (non-hydrogen) atoms. The number of aliphatic hydroxyl groups excluding tert-OH is 1. The van der Waals surface area contributed by atoms with E-state index in [0.717, 1.165) is 0 Å². The Bertz CT molecular complexity index is 322. The van der Waals surface area contributed by atoms with E-state index in [4.69, 9.17) is 16.2 Å². The average Bonchev–Trinajstić information content (AvgIpc) is 3.05. The Labute approximate surface area is 120 Å². The summed E-state index contributed by atoms with van der Waals surface area (Å²) < 4.78 is 5.12. The molecule has 1 aliphatic rings. The van der Waals surface area contributed by atoms with Gasteiger partial charge in [0.15, 0.2) is 0 Å². The predicted molar refractivity (Wildman–Crippen MR) is 76.7 cm³/mol. The summed E-state index contributed by atoms with van der Waals surface area (Å²) >= 11 is 0. The first kappa shape index (κ1) is 18.9. The highest BCUT2D eigenvalue weighted by Gasteiger charge is 2.33. The van der Waals surface area contributed by atoms with Crippen LogP contribution in [0.1, 0.15) is 53.4 Å². The van der Waals surface area contributed by atoms with Gasteiger partial charge in [-0.25, -0.2) is 0 Å². The molecule has 5 N–H and O–H groups in total. The molecule has 6 heteroatoms. The number of ether oxygens (including phenoxy) is 1. The Kier molecular flexibility index (Phi) is 7.75. The molecule has 1 saturated carbocycles. The zero-order chi connectivity index (χ0) is 15.9. The third kappa shape index (κ3) is 8.87. The van der Waals surface area contributed by atoms with Crippen LogP contribution in [-0.2, 0) is 14.3 Å². The van der Waals surface area contributed by atoms with Crippen LogP contribution in [0, 0.1) is 5.92 Å². The molecule has 0 aliphatic heterocycles. The van der Waals surface area contributed by atoms with Gasteiger partial charge in [0.1, 0.15) is 11.7 Å². The molecular weight excluding hydrogens is 260 g/mol. The summed E-state index contributed by atoms with van der Waals surface area (Å²) in [5.74, 6) is -2.35. The van der Waals surface area contributed by atoms with Gasteiger partial charge in [0.25, 0.3) is 0 Å². The number of carbonyl (C=O) groups is 2. The smallest absolute Gasteiger partial charge is 0.312 e. The van der Waals surface area contributed by atoms with Crippen molar-refractivity contribution < 1.29 is 19.4 Å². The van der Waals surface area contributed by atoms with E-state index in [1.54, 1.807) is 20.8 Å². The molecule has 0 bridgehead atoms. The molecule has 0 radical (unpaired) electrons. The third-order valence-corrected chi connectivity index (χ3v) is 2.60. The quantitative estimate of drug-likeness (QED) is 0.644. The molecule has 1 aliphatic carbocycles. The lowest BCUT2D eigenvalue weighted by atomic mass is 9.96. The van der Waals surface area contributed by atoms with E-state index in [9.17, 15) is 14.7 Å². The van der Waals surface area contributed by atoms with Crippen LogP contribution < -0.4 is 11.5 Å². The lowest BCUT2D eigenvalue weighted by molar-refractivity contribution is -0.166. The van der Waals surface area contributed by atoms with Crippen LogP contribution in [-0.4, -0.2) is 34.7 Å². The van der Waals surface area contributed by atoms with E-state index >= 15 is 0 Å². The number of esters is 1. The lowest BCUT2D eigenvalue weighted by Crippen LogP contribution is -2.41. The molecule has 2 unspecified atom stereocenters. The van der Waals surface area contributed by atoms with Gasteiger partial charge in [0.05, 0.1) is 5.92 Å². The van der Waals surface area contributed by atoms with Crippen molar-refractivity contribution in [3.63, 3.8) is 0 Å². The molecule has 1 fully saturated rings. The van der Waals surface area contributed by atoms with Crippen LogP contribution in [0.3, 0.4) is 0 Å². The van der Waals surface area contributed by atoms with E-state index < -0.39 is 29.5 Å². The molecule has 0 spiro atoms. The fourth-order valence-electron chi connectivity index (χ4n) is 1.39. The summed E-state index contributed by atoms with van der Waals surface area (Å²) in [6.45, 7) is 7.03. The number of amides is 1. The van der Waals surface area contributed by atoms with Gasteiger partial charge in [0, 0.05) is 6.04 Å². The Morgan fingerprint density at radius 1 is 1.35 bits per heavy atom. The van der Waals surface area contributed by atoms with Crippen molar-refractivity contribution in [2.45, 2.75) is 71.1 Å². The first-order valence-electron chi connectivity index (χ1n) is 7.04. The van der Waals surface area contributed by atoms with Crippen LogP contribution in [0.15, 0.2) is 0 Å². The molecule has 2 atom stereocenters. The summed E-state index contributed by atoms with van der Waals surface area (Å²) in [6.07, 6.45) is 2.09. The van der Waals surface area contributed by atoms with Gasteiger partial charge in [0.2, 0.25) is 5.91 Å². The first-order valence-corrected chi connectivity index (χ1v) is 7.04. The van der Waals surface area contributed by atoms with Gasteiger partial charge in [-0.15, -0.1) is 0 Å². The summed E-state index contributed by atoms with van der Waals surface area (Å²) in [4.78, 5) is 22.6. The highest BCUT2D eigenvalue weighted by atomic mass is 16.6. The molecule has 1 amide bonds. The van der Waals surface area contributed by atoms with Crippen LogP contribution in [0.4, 0.5) is 0 Å². The first-order chi connectivity index (χ1) is 9.08. The van der Waals surface area contributed by atoms with Crippen LogP contribution in [0.2, 0.25) is 0 Å². The SMILES string of the molecule is CCCC(C(=O)OC(C)(C)C)C(O)C(N)=O.NC1CC1. The zero-order valence-corrected chi connectivity index (χ0v) is 12.9. The molecule has 0 heterocycles. The Morgan fingerprint density at radius 2 is 1.80 bits per heavy atom. The second kappa shape index (κ2) is 8.21. The maximum absolute atomic E-state index is 11.7. The van der Waals surface area contributed by atoms with Gasteiger partial charge < -0.3 is 21.3 Å². The van der Waals surface area contributed by atoms with Crippen molar-refractivity contribution in [2.75, 3.05) is 0 Å². The number of hydrogen-bond acceptors (Lipinski definition) is 5. The summed E-state index contributed by atoms with van der Waals surface area (Å²) in [5.41, 5.74) is 9.56. The van der Waals surface area contributed by atoms with Crippen molar-refractivity contribution in [2.24, 2.45) is 17.4 Å². The van der Waals surface area contributed by atoms with Crippen molar-refractivity contribution in [3.8, 4) is 0 Å². The molecule has 0 saturated heterocycles. The normalized spacial score (nSPS) is 17.5. The summed E-state index contributed by atoms with van der Waals surface area (Å²) in [6, 6.07) is 0.583. The lowest BCUT2D eigenvalue weighted by Gasteiger charge is -2.25. The van der Waals surface area contributed by atoms with E-state index in [1.807, 2.05) is 6.92 Å². The number of hydrogen-bond donors (Lipinski definition) is 3. The fourth-order valence-corrected chi connectivity index (χ4v) is 1.39. The van der Waals surface area contributed by atoms with Gasteiger partial charge in [-0.3, -0.25) is 9.59 Å². The van der Waals surface area contributed by atoms with Crippen LogP contribution in [0.5, 0.6) is 0 Å². The van der Waals surface area contributed by atoms with Gasteiger partial charge >= 0.3 is 5.97 Å². The van der Waals surface area contributed by atoms with Gasteiger partial charge in [-0.05, 0) is 40.0 Å². The third-order valence-electron chi connectivity index (χ3n) is 2.60. The van der Waals surface area contributed by atoms with Crippen molar-refractivity contribution >= 4 is 11.9 Å². The second-order valence-electron chi connectivity index (χ2n) is 6.11. The Hall–Kier alpha value is -1.14. The number of rotatable bonds is 5. The molecule has 0 aromatic heterocycles. The molecule has 1 rings (SSSR count). The predicted octanol–water partition coefficient (Wildman–Crippen LogP) is 0.698. The van der Waals surface area contributed by atoms with Gasteiger partial charge in [-0.1, -0.05) is 13.3 Å². The van der Waals surface area contributed by atoms with Gasteiger partial charge in [-0.2, -0.15) is 0 Å². The van der Waals surface area contributed by atoms with Crippen LogP contribution in [0.25, 0.3) is 0 Å². The maximum Gasteiger partial charge on any atom is 0.312 e. The number of aliphatic hydroxyl groups is 1. The number of nitrogens with two attached hydrogens (primary N) is 2. The van der Waals surface area contributed by atoms with E-state index in [-0.39, 0.29) is 0 Å². The minimum Gasteiger partial charge on any atom is -0.460 e. The Morgan fingerprint density at radius 3 is 2.05 bits per heavy atom. The summed E-state index contributed by atoms with van der Waals surface area (Å²) in [7, 11) is 0. The van der Waals surface area contributed by atoms with Crippen LogP contribution >= 0.6 is 0 Å². The monoisotopic (exact) mass is 288 g/mol. The number of primary amides is 1. The topological polar surface area (TPSA) is 116 Å². The average molecular weight is 288 g/mol. The molecule has 0 aromatic rings. The van der Waals surface area contributed by atoms with Crippen molar-refractivity contribution in [1.29, 1.82) is 0 Å². The molecular formula is C14H28N2O4. The van der Waals surface area contributed by atoms with E-state index in [0.29, 0.717) is 18.9 Å². The van der Waals surface area contributed by atoms with E-state index in [2.05, 4.69) is 0 Å². The minimum absolute atomic E-state index is 0.374. The largest absolute Gasteiger partial charge is 0.460 e. The second-order valence-corrected chi connectivity index (χ2v) is 6.11.